The number of rotatable bonds is 5. The van der Waals surface area contributed by atoms with Gasteiger partial charge in [-0.3, -0.25) is 0 Å². The topological polar surface area (TPSA) is 91.6 Å². The monoisotopic (exact) mass is 581 g/mol. The molecule has 0 spiro atoms. The van der Waals surface area contributed by atoms with Crippen LogP contribution < -0.4 is 4.90 Å². The second-order valence-electron chi connectivity index (χ2n) is 9.62. The van der Waals surface area contributed by atoms with Crippen LogP contribution in [0, 0.1) is 11.6 Å². The maximum atomic E-state index is 14.8. The van der Waals surface area contributed by atoms with E-state index in [1.54, 1.807) is 6.07 Å². The van der Waals surface area contributed by atoms with Crippen LogP contribution >= 0.6 is 0 Å². The number of nitrogens with zero attached hydrogens (tertiary/aromatic N) is 5. The number of piperazine rings is 1. The SMILES string of the molecule is Cn1nc(-c2cc(C(F)(F)F)c(F)c(O)c2F)c2ccc(N3CCN(S(C)(=O)=O)C[C@H]3Cc3ccccc3)nc21. The molecule has 1 N–H and O–H groups in total. The Labute approximate surface area is 226 Å². The van der Waals surface area contributed by atoms with E-state index < -0.39 is 44.7 Å². The normalized spacial score (nSPS) is 17.1. The van der Waals surface area contributed by atoms with E-state index in [4.69, 9.17) is 0 Å². The van der Waals surface area contributed by atoms with Gasteiger partial charge in [0.2, 0.25) is 10.0 Å². The molecule has 212 valence electrons. The predicted octanol–water partition coefficient (Wildman–Crippen LogP) is 4.33. The zero-order chi connectivity index (χ0) is 29.0. The van der Waals surface area contributed by atoms with Crippen molar-refractivity contribution >= 4 is 26.9 Å². The number of fused-ring (bicyclic) bond motifs is 1. The van der Waals surface area contributed by atoms with Crippen LogP contribution in [0.1, 0.15) is 11.1 Å². The van der Waals surface area contributed by atoms with Crippen molar-refractivity contribution in [2.24, 2.45) is 7.05 Å². The van der Waals surface area contributed by atoms with Crippen molar-refractivity contribution < 1.29 is 35.5 Å². The van der Waals surface area contributed by atoms with Crippen molar-refractivity contribution in [1.29, 1.82) is 0 Å². The van der Waals surface area contributed by atoms with Gasteiger partial charge in [0.05, 0.1) is 11.8 Å². The van der Waals surface area contributed by atoms with Gasteiger partial charge in [0.1, 0.15) is 11.5 Å². The van der Waals surface area contributed by atoms with Crippen LogP contribution in [-0.4, -0.2) is 64.5 Å². The van der Waals surface area contributed by atoms with E-state index in [1.165, 1.54) is 22.1 Å². The molecule has 1 atom stereocenters. The summed E-state index contributed by atoms with van der Waals surface area (Å²) in [6.07, 6.45) is -3.51. The number of halogens is 5. The third-order valence-electron chi connectivity index (χ3n) is 6.93. The van der Waals surface area contributed by atoms with Gasteiger partial charge >= 0.3 is 6.18 Å². The molecule has 1 aliphatic heterocycles. The molecule has 1 saturated heterocycles. The number of pyridine rings is 1. The molecule has 5 rings (SSSR count). The lowest BCUT2D eigenvalue weighted by Gasteiger charge is -2.41. The summed E-state index contributed by atoms with van der Waals surface area (Å²) in [4.78, 5) is 6.59. The quantitative estimate of drug-likeness (QED) is 0.353. The molecular formula is C26H24F5N5O3S. The van der Waals surface area contributed by atoms with Crippen molar-refractivity contribution in [2.45, 2.75) is 18.6 Å². The Kier molecular flexibility index (Phi) is 6.94. The summed E-state index contributed by atoms with van der Waals surface area (Å²) in [5.74, 6) is -4.96. The highest BCUT2D eigenvalue weighted by atomic mass is 32.2. The van der Waals surface area contributed by atoms with Gasteiger partial charge in [-0.05, 0) is 30.2 Å². The van der Waals surface area contributed by atoms with Gasteiger partial charge in [-0.15, -0.1) is 0 Å². The second kappa shape index (κ2) is 10.0. The van der Waals surface area contributed by atoms with E-state index in [0.717, 1.165) is 11.8 Å². The van der Waals surface area contributed by atoms with E-state index in [-0.39, 0.29) is 41.9 Å². The van der Waals surface area contributed by atoms with Gasteiger partial charge in [-0.25, -0.2) is 26.9 Å². The molecule has 0 amide bonds. The summed E-state index contributed by atoms with van der Waals surface area (Å²) in [5.41, 5.74) is -1.61. The number of aromatic nitrogens is 3. The minimum atomic E-state index is -5.18. The smallest absolute Gasteiger partial charge is 0.419 e. The molecule has 1 fully saturated rings. The Balaban J connectivity index is 1.57. The average molecular weight is 582 g/mol. The van der Waals surface area contributed by atoms with Gasteiger partial charge in [-0.1, -0.05) is 30.3 Å². The summed E-state index contributed by atoms with van der Waals surface area (Å²) in [6, 6.07) is 12.6. The molecule has 40 heavy (non-hydrogen) atoms. The highest BCUT2D eigenvalue weighted by Crippen LogP contribution is 2.41. The minimum absolute atomic E-state index is 0.179. The Morgan fingerprint density at radius 3 is 2.40 bits per heavy atom. The predicted molar refractivity (Wildman–Crippen MR) is 138 cm³/mol. The first kappa shape index (κ1) is 27.8. The summed E-state index contributed by atoms with van der Waals surface area (Å²) < 4.78 is 96.2. The molecule has 0 radical (unpaired) electrons. The molecular weight excluding hydrogens is 557 g/mol. The Morgan fingerprint density at radius 2 is 1.75 bits per heavy atom. The van der Waals surface area contributed by atoms with E-state index in [1.807, 2.05) is 35.2 Å². The molecule has 0 bridgehead atoms. The van der Waals surface area contributed by atoms with Crippen LogP contribution in [0.25, 0.3) is 22.3 Å². The molecule has 1 aliphatic rings. The number of anilines is 1. The molecule has 3 heterocycles. The van der Waals surface area contributed by atoms with E-state index in [0.29, 0.717) is 18.8 Å². The van der Waals surface area contributed by atoms with Crippen molar-refractivity contribution in [3.8, 4) is 17.0 Å². The van der Waals surface area contributed by atoms with Crippen molar-refractivity contribution in [1.82, 2.24) is 19.1 Å². The number of aryl methyl sites for hydroxylation is 1. The largest absolute Gasteiger partial charge is 0.503 e. The number of phenols is 1. The number of phenolic OH excluding ortho intramolecular Hbond substituents is 1. The minimum Gasteiger partial charge on any atom is -0.503 e. The van der Waals surface area contributed by atoms with E-state index in [9.17, 15) is 35.5 Å². The fourth-order valence-corrected chi connectivity index (χ4v) is 5.83. The number of hydrogen-bond donors (Lipinski definition) is 1. The number of hydrogen-bond acceptors (Lipinski definition) is 6. The Morgan fingerprint density at radius 1 is 1.05 bits per heavy atom. The zero-order valence-electron chi connectivity index (χ0n) is 21.3. The summed E-state index contributed by atoms with van der Waals surface area (Å²) >= 11 is 0. The molecule has 0 unspecified atom stereocenters. The van der Waals surface area contributed by atoms with Crippen LogP contribution in [0.5, 0.6) is 5.75 Å². The third kappa shape index (κ3) is 5.08. The van der Waals surface area contributed by atoms with Crippen molar-refractivity contribution in [3.63, 3.8) is 0 Å². The highest BCUT2D eigenvalue weighted by Gasteiger charge is 2.38. The zero-order valence-corrected chi connectivity index (χ0v) is 22.1. The summed E-state index contributed by atoms with van der Waals surface area (Å²) in [7, 11) is -1.97. The first-order valence-corrected chi connectivity index (χ1v) is 14.0. The molecule has 0 aliphatic carbocycles. The highest BCUT2D eigenvalue weighted by molar-refractivity contribution is 7.88. The van der Waals surface area contributed by atoms with E-state index in [2.05, 4.69) is 10.1 Å². The maximum absolute atomic E-state index is 14.8. The van der Waals surface area contributed by atoms with Crippen LogP contribution in [-0.2, 0) is 29.7 Å². The lowest BCUT2D eigenvalue weighted by molar-refractivity contribution is -0.140. The average Bonchev–Trinajstić information content (AvgIpc) is 3.22. The van der Waals surface area contributed by atoms with Gasteiger partial charge < -0.3 is 10.0 Å². The standard InChI is InChI=1S/C26H24F5N5O3S/c1-34-25-17(23(33-34)18-13-19(26(29,30)31)22(28)24(37)21(18)27)8-9-20(32-25)36-11-10-35(40(2,38)39)14-16(36)12-15-6-4-3-5-7-15/h3-9,13,16,37H,10-12,14H2,1-2H3/t16-/m1/s1. The number of benzene rings is 2. The molecule has 4 aromatic rings. The van der Waals surface area contributed by atoms with E-state index >= 15 is 0 Å². The van der Waals surface area contributed by atoms with Crippen molar-refractivity contribution in [2.75, 3.05) is 30.8 Å². The number of aromatic hydroxyl groups is 1. The lowest BCUT2D eigenvalue weighted by Crippen LogP contribution is -2.55. The maximum Gasteiger partial charge on any atom is 0.419 e. The molecule has 8 nitrogen and oxygen atoms in total. The number of alkyl halides is 3. The molecule has 2 aromatic heterocycles. The first-order valence-electron chi connectivity index (χ1n) is 12.1. The molecule has 0 saturated carbocycles. The fraction of sp³-hybridized carbons (Fsp3) is 0.308. The van der Waals surface area contributed by atoms with Crippen molar-refractivity contribution in [3.05, 3.63) is 71.3 Å². The number of sulfonamides is 1. The van der Waals surface area contributed by atoms with Gasteiger partial charge in [0.15, 0.2) is 23.0 Å². The van der Waals surface area contributed by atoms with Crippen LogP contribution in [0.2, 0.25) is 0 Å². The fourth-order valence-electron chi connectivity index (χ4n) is 4.97. The summed E-state index contributed by atoms with van der Waals surface area (Å²) in [6.45, 7) is 0.758. The first-order chi connectivity index (χ1) is 18.8. The van der Waals surface area contributed by atoms with Gasteiger partial charge in [-0.2, -0.15) is 22.6 Å². The Hall–Kier alpha value is -3.78. The molecule has 14 heteroatoms. The molecule has 2 aromatic carbocycles. The lowest BCUT2D eigenvalue weighted by atomic mass is 10.0. The second-order valence-corrected chi connectivity index (χ2v) is 11.6. The van der Waals surface area contributed by atoms with Gasteiger partial charge in [0, 0.05) is 43.7 Å². The van der Waals surface area contributed by atoms with Crippen LogP contribution in [0.3, 0.4) is 0 Å². The van der Waals surface area contributed by atoms with Crippen LogP contribution in [0.15, 0.2) is 48.5 Å². The summed E-state index contributed by atoms with van der Waals surface area (Å²) in [5, 5.41) is 14.1. The van der Waals surface area contributed by atoms with Crippen LogP contribution in [0.4, 0.5) is 27.8 Å². The third-order valence-corrected chi connectivity index (χ3v) is 8.20. The Bertz CT molecular complexity index is 1690. The van der Waals surface area contributed by atoms with Gasteiger partial charge in [0.25, 0.3) is 0 Å².